The van der Waals surface area contributed by atoms with Crippen molar-refractivity contribution in [1.29, 1.82) is 0 Å². The van der Waals surface area contributed by atoms with E-state index in [0.29, 0.717) is 35.0 Å². The second-order valence-electron chi connectivity index (χ2n) is 6.42. The number of thioether (sulfide) groups is 1. The number of nitrogen functional groups attached to an aromatic ring is 1. The number of hydrogen-bond acceptors (Lipinski definition) is 11. The van der Waals surface area contributed by atoms with Crippen LogP contribution in [0, 0.1) is 0 Å². The van der Waals surface area contributed by atoms with E-state index in [-0.39, 0.29) is 5.82 Å². The Bertz CT molecular complexity index is 1040. The van der Waals surface area contributed by atoms with Crippen LogP contribution in [0.4, 0.5) is 11.6 Å². The van der Waals surface area contributed by atoms with E-state index in [0.717, 1.165) is 0 Å². The normalized spacial score (nSPS) is 24.2. The monoisotopic (exact) mass is 420 g/mol. The lowest BCUT2D eigenvalue weighted by atomic mass is 10.1. The Balaban J connectivity index is 1.32. The maximum absolute atomic E-state index is 11.1. The quantitative estimate of drug-likeness (QED) is 0.295. The van der Waals surface area contributed by atoms with Crippen molar-refractivity contribution in [3.8, 4) is 0 Å². The molecule has 1 fully saturated rings. The van der Waals surface area contributed by atoms with Gasteiger partial charge in [0.15, 0.2) is 17.7 Å². The third kappa shape index (κ3) is 4.03. The fraction of sp³-hybridized carbons (Fsp3) is 0.438. The van der Waals surface area contributed by atoms with E-state index < -0.39 is 30.2 Å². The maximum Gasteiger partial charge on any atom is 0.346 e. The van der Waals surface area contributed by atoms with E-state index in [1.807, 2.05) is 0 Å². The van der Waals surface area contributed by atoms with Gasteiger partial charge in [0.25, 0.3) is 0 Å². The number of hydrogen-bond donors (Lipinski definition) is 5. The van der Waals surface area contributed by atoms with Crippen LogP contribution in [0.2, 0.25) is 0 Å². The van der Waals surface area contributed by atoms with E-state index in [4.69, 9.17) is 10.5 Å². The minimum absolute atomic E-state index is 0.233. The molecule has 0 aliphatic carbocycles. The van der Waals surface area contributed by atoms with Gasteiger partial charge in [0, 0.05) is 24.2 Å². The van der Waals surface area contributed by atoms with Crippen molar-refractivity contribution in [2.24, 2.45) is 0 Å². The Labute approximate surface area is 168 Å². The minimum atomic E-state index is -1.13. The Morgan fingerprint density at radius 2 is 2.14 bits per heavy atom. The first-order valence-electron chi connectivity index (χ1n) is 8.86. The summed E-state index contributed by atoms with van der Waals surface area (Å²) in [5, 5.41) is 23.9. The van der Waals surface area contributed by atoms with Gasteiger partial charge in [0.2, 0.25) is 0 Å². The Hall–Kier alpha value is -2.74. The predicted octanol–water partition coefficient (Wildman–Crippen LogP) is -1.04. The van der Waals surface area contributed by atoms with Crippen molar-refractivity contribution >= 4 is 34.6 Å². The molecule has 0 amide bonds. The molecule has 1 aliphatic rings. The highest BCUT2D eigenvalue weighted by Gasteiger charge is 2.44. The number of rotatable bonds is 7. The van der Waals surface area contributed by atoms with Crippen LogP contribution < -0.4 is 16.7 Å². The maximum atomic E-state index is 11.1. The third-order valence-corrected chi connectivity index (χ3v) is 5.57. The number of fused-ring (bicyclic) bond motifs is 1. The van der Waals surface area contributed by atoms with Crippen molar-refractivity contribution < 1.29 is 14.9 Å². The molecule has 12 nitrogen and oxygen atoms in total. The Morgan fingerprint density at radius 1 is 1.28 bits per heavy atom. The number of aliphatic hydroxyl groups excluding tert-OH is 2. The van der Waals surface area contributed by atoms with Crippen LogP contribution in [0.3, 0.4) is 0 Å². The van der Waals surface area contributed by atoms with Crippen LogP contribution >= 0.6 is 11.8 Å². The number of nitrogens with one attached hydrogen (secondary N) is 2. The fourth-order valence-electron chi connectivity index (χ4n) is 3.08. The molecule has 0 aromatic carbocycles. The van der Waals surface area contributed by atoms with Gasteiger partial charge >= 0.3 is 5.69 Å². The standard InChI is InChI=1S/C16H20N8O4S/c17-13-10-14(21-6-20-13)24(7-22-10)15-12(26)11(25)8(28-15)5-29-4-3-18-9-1-2-19-16(27)23-9/h1-2,6-8,11-12,15,25-26H,3-5H2,(H2,17,20,21)(H2,18,19,23,27)/t8-,11+,12-,15-/m1/s1. The van der Waals surface area contributed by atoms with E-state index in [9.17, 15) is 15.0 Å². The molecule has 4 heterocycles. The molecule has 154 valence electrons. The number of imidazole rings is 1. The lowest BCUT2D eigenvalue weighted by Crippen LogP contribution is -2.32. The summed E-state index contributed by atoms with van der Waals surface area (Å²) in [6.07, 6.45) is 0.640. The van der Waals surface area contributed by atoms with Crippen molar-refractivity contribution in [1.82, 2.24) is 29.5 Å². The molecular formula is C16H20N8O4S. The third-order valence-electron chi connectivity index (χ3n) is 4.52. The van der Waals surface area contributed by atoms with Crippen molar-refractivity contribution in [2.45, 2.75) is 24.5 Å². The summed E-state index contributed by atoms with van der Waals surface area (Å²) in [6.45, 7) is 0.599. The zero-order valence-electron chi connectivity index (χ0n) is 15.2. The van der Waals surface area contributed by atoms with Crippen LogP contribution in [0.15, 0.2) is 29.7 Å². The molecule has 0 saturated carbocycles. The lowest BCUT2D eigenvalue weighted by Gasteiger charge is -2.16. The van der Waals surface area contributed by atoms with Gasteiger partial charge in [-0.15, -0.1) is 0 Å². The zero-order valence-corrected chi connectivity index (χ0v) is 16.0. The highest BCUT2D eigenvalue weighted by molar-refractivity contribution is 7.99. The number of aromatic nitrogens is 6. The molecule has 4 atom stereocenters. The van der Waals surface area contributed by atoms with Gasteiger partial charge in [0.05, 0.1) is 12.4 Å². The molecule has 13 heteroatoms. The summed E-state index contributed by atoms with van der Waals surface area (Å²) < 4.78 is 7.43. The highest BCUT2D eigenvalue weighted by atomic mass is 32.2. The molecule has 3 aromatic heterocycles. The van der Waals surface area contributed by atoms with Crippen LogP contribution in [0.25, 0.3) is 11.2 Å². The second-order valence-corrected chi connectivity index (χ2v) is 7.57. The average molecular weight is 420 g/mol. The summed E-state index contributed by atoms with van der Waals surface area (Å²) in [4.78, 5) is 29.5. The van der Waals surface area contributed by atoms with E-state index >= 15 is 0 Å². The van der Waals surface area contributed by atoms with Crippen molar-refractivity contribution in [2.75, 3.05) is 29.1 Å². The Morgan fingerprint density at radius 3 is 2.97 bits per heavy atom. The van der Waals surface area contributed by atoms with Gasteiger partial charge < -0.3 is 26.0 Å². The van der Waals surface area contributed by atoms with E-state index in [2.05, 4.69) is 30.2 Å². The predicted molar refractivity (Wildman–Crippen MR) is 106 cm³/mol. The molecule has 0 spiro atoms. The average Bonchev–Trinajstić information content (AvgIpc) is 3.25. The van der Waals surface area contributed by atoms with Crippen LogP contribution in [0.1, 0.15) is 6.23 Å². The highest BCUT2D eigenvalue weighted by Crippen LogP contribution is 2.33. The first kappa shape index (κ1) is 19.6. The van der Waals surface area contributed by atoms with Gasteiger partial charge in [-0.05, 0) is 6.07 Å². The summed E-state index contributed by atoms with van der Waals surface area (Å²) >= 11 is 1.55. The first-order valence-corrected chi connectivity index (χ1v) is 10.0. The molecule has 6 N–H and O–H groups in total. The molecule has 0 bridgehead atoms. The van der Waals surface area contributed by atoms with Crippen LogP contribution in [0.5, 0.6) is 0 Å². The molecule has 3 aromatic rings. The first-order chi connectivity index (χ1) is 14.0. The smallest absolute Gasteiger partial charge is 0.346 e. The molecule has 0 radical (unpaired) electrons. The number of nitrogens with two attached hydrogens (primary N) is 1. The summed E-state index contributed by atoms with van der Waals surface area (Å²) in [5.41, 5.74) is 6.22. The zero-order chi connectivity index (χ0) is 20.4. The van der Waals surface area contributed by atoms with Crippen LogP contribution in [-0.4, -0.2) is 76.1 Å². The number of aliphatic hydroxyl groups is 2. The molecule has 1 saturated heterocycles. The number of nitrogens with zero attached hydrogens (tertiary/aromatic N) is 5. The summed E-state index contributed by atoms with van der Waals surface area (Å²) in [7, 11) is 0. The summed E-state index contributed by atoms with van der Waals surface area (Å²) in [5.74, 6) is 2.01. The molecule has 29 heavy (non-hydrogen) atoms. The number of H-pyrrole nitrogens is 1. The molecular weight excluding hydrogens is 400 g/mol. The van der Waals surface area contributed by atoms with E-state index in [1.54, 1.807) is 22.4 Å². The van der Waals surface area contributed by atoms with Crippen molar-refractivity contribution in [3.05, 3.63) is 35.4 Å². The van der Waals surface area contributed by atoms with Gasteiger partial charge in [-0.2, -0.15) is 11.8 Å². The number of aromatic amines is 1. The van der Waals surface area contributed by atoms with Gasteiger partial charge in [0.1, 0.15) is 29.9 Å². The van der Waals surface area contributed by atoms with E-state index in [1.165, 1.54) is 18.9 Å². The number of ether oxygens (including phenoxy) is 1. The number of anilines is 2. The molecule has 4 rings (SSSR count). The topological polar surface area (TPSA) is 177 Å². The SMILES string of the molecule is Nc1ncnc2c1ncn2[C@@H]1O[C@H](CSCCNc2ccnc(=O)[nH]2)[C@H](O)[C@H]1O. The molecule has 0 unspecified atom stereocenters. The fourth-order valence-corrected chi connectivity index (χ4v) is 4.00. The van der Waals surface area contributed by atoms with Crippen molar-refractivity contribution in [3.63, 3.8) is 0 Å². The van der Waals surface area contributed by atoms with Crippen LogP contribution in [-0.2, 0) is 4.74 Å². The molecule has 1 aliphatic heterocycles. The second kappa shape index (κ2) is 8.32. The Kier molecular flexibility index (Phi) is 5.62. The largest absolute Gasteiger partial charge is 0.387 e. The minimum Gasteiger partial charge on any atom is -0.387 e. The van der Waals surface area contributed by atoms with Gasteiger partial charge in [-0.25, -0.2) is 24.7 Å². The van der Waals surface area contributed by atoms with Gasteiger partial charge in [-0.1, -0.05) is 0 Å². The summed E-state index contributed by atoms with van der Waals surface area (Å²) in [6, 6.07) is 1.67. The lowest BCUT2D eigenvalue weighted by molar-refractivity contribution is -0.0288. The van der Waals surface area contributed by atoms with Gasteiger partial charge in [-0.3, -0.25) is 9.55 Å².